The lowest BCUT2D eigenvalue weighted by molar-refractivity contribution is 0.484. The van der Waals surface area contributed by atoms with E-state index in [2.05, 4.69) is 72.8 Å². The van der Waals surface area contributed by atoms with Gasteiger partial charge in [0, 0.05) is 42.3 Å². The number of rotatable bonds is 1. The molecule has 1 aliphatic carbocycles. The van der Waals surface area contributed by atoms with Crippen LogP contribution in [0, 0.1) is 6.92 Å². The van der Waals surface area contributed by atoms with E-state index >= 15 is 0 Å². The summed E-state index contributed by atoms with van der Waals surface area (Å²) in [6, 6.07) is 29.6. The zero-order chi connectivity index (χ0) is 32.5. The SMILES string of the molecule is [B]c1c(O)c([B])c2oc3c(-c4ccc(Cl)c5c4Sc4ccccc4C54c5ccccc5-c5ccccc54)c(C)c([B])c([B])c3c2c1[B]. The highest BCUT2D eigenvalue weighted by atomic mass is 35.5. The Hall–Kier alpha value is -4.12. The summed E-state index contributed by atoms with van der Waals surface area (Å²) < 4.78 is 6.52. The second-order valence-electron chi connectivity index (χ2n) is 12.2. The maximum absolute atomic E-state index is 10.7. The monoisotopic (exact) mass is 628 g/mol. The number of aromatic hydroxyl groups is 1. The van der Waals surface area contributed by atoms with E-state index in [1.54, 1.807) is 11.8 Å². The van der Waals surface area contributed by atoms with Crippen molar-refractivity contribution in [1.82, 2.24) is 0 Å². The number of phenols is 1. The van der Waals surface area contributed by atoms with Crippen LogP contribution in [0.25, 0.3) is 44.2 Å². The molecule has 7 aromatic rings. The molecule has 0 amide bonds. The molecule has 2 aliphatic rings. The lowest BCUT2D eigenvalue weighted by atomic mass is 9.66. The average Bonchev–Trinajstić information content (AvgIpc) is 3.62. The van der Waals surface area contributed by atoms with Crippen molar-refractivity contribution in [3.8, 4) is 28.0 Å². The van der Waals surface area contributed by atoms with Crippen LogP contribution in [0.3, 0.4) is 0 Å². The van der Waals surface area contributed by atoms with Crippen molar-refractivity contribution in [1.29, 1.82) is 0 Å². The van der Waals surface area contributed by atoms with Crippen LogP contribution in [0.5, 0.6) is 5.75 Å². The first kappa shape index (κ1) is 29.1. The molecule has 210 valence electrons. The summed E-state index contributed by atoms with van der Waals surface area (Å²) in [5.74, 6) is -0.338. The lowest BCUT2D eigenvalue weighted by Crippen LogP contribution is -2.34. The zero-order valence-corrected chi connectivity index (χ0v) is 26.7. The van der Waals surface area contributed by atoms with Crippen molar-refractivity contribution in [3.05, 3.63) is 118 Å². The van der Waals surface area contributed by atoms with Crippen molar-refractivity contribution < 1.29 is 9.52 Å². The van der Waals surface area contributed by atoms with Gasteiger partial charge in [-0.05, 0) is 57.9 Å². The van der Waals surface area contributed by atoms with Gasteiger partial charge in [0.05, 0.1) is 5.41 Å². The zero-order valence-electron chi connectivity index (χ0n) is 25.1. The van der Waals surface area contributed by atoms with E-state index in [1.165, 1.54) is 27.8 Å². The first-order valence-corrected chi connectivity index (χ1v) is 16.3. The highest BCUT2D eigenvalue weighted by Crippen LogP contribution is 2.64. The standard InChI is InChI=1S/C38H18B5ClO2S/c1-16-25(35-26(30(40)29(16)39)27-31(41)32(42)34(45)33(43)36(27)46-35)19-14-15-23(44)28-37(19)47-24-13-7-6-12-22(24)38(28)20-10-4-2-8-17(20)18-9-3-5-11-21(18)38/h2-15,45H,1H3. The molecule has 9 rings (SSSR count). The molecule has 1 aromatic heterocycles. The van der Waals surface area contributed by atoms with Crippen LogP contribution in [-0.2, 0) is 5.41 Å². The summed E-state index contributed by atoms with van der Waals surface area (Å²) in [6.07, 6.45) is 0. The first-order valence-electron chi connectivity index (χ1n) is 15.1. The molecule has 0 atom stereocenters. The van der Waals surface area contributed by atoms with E-state index in [4.69, 9.17) is 55.2 Å². The quantitative estimate of drug-likeness (QED) is 0.268. The predicted octanol–water partition coefficient (Wildman–Crippen LogP) is 4.72. The van der Waals surface area contributed by atoms with Gasteiger partial charge in [-0.25, -0.2) is 0 Å². The second kappa shape index (κ2) is 9.95. The fourth-order valence-corrected chi connectivity index (χ4v) is 9.61. The second-order valence-corrected chi connectivity index (χ2v) is 13.6. The maximum atomic E-state index is 10.7. The molecule has 0 saturated carbocycles. The van der Waals surface area contributed by atoms with Crippen LogP contribution in [-0.4, -0.2) is 44.3 Å². The van der Waals surface area contributed by atoms with E-state index in [9.17, 15) is 5.11 Å². The Kier molecular flexibility index (Phi) is 6.15. The summed E-state index contributed by atoms with van der Waals surface area (Å²) in [4.78, 5) is 2.09. The van der Waals surface area contributed by atoms with Crippen LogP contribution in [0.1, 0.15) is 27.8 Å². The number of phenolic OH excluding ortho intramolecular Hbond substituents is 1. The van der Waals surface area contributed by atoms with Crippen LogP contribution >= 0.6 is 23.4 Å². The van der Waals surface area contributed by atoms with Gasteiger partial charge < -0.3 is 9.52 Å². The van der Waals surface area contributed by atoms with Crippen molar-refractivity contribution in [2.24, 2.45) is 0 Å². The molecule has 2 heterocycles. The number of fused-ring (bicyclic) bond motifs is 12. The Balaban J connectivity index is 1.47. The van der Waals surface area contributed by atoms with E-state index in [0.29, 0.717) is 32.3 Å². The third-order valence-corrected chi connectivity index (χ3v) is 11.5. The van der Waals surface area contributed by atoms with Gasteiger partial charge in [-0.3, -0.25) is 0 Å². The third-order valence-electron chi connectivity index (χ3n) is 9.99. The molecule has 0 saturated heterocycles. The van der Waals surface area contributed by atoms with E-state index in [-0.39, 0.29) is 27.7 Å². The fourth-order valence-electron chi connectivity index (χ4n) is 7.91. The number of benzene rings is 6. The maximum Gasteiger partial charge on any atom is 0.142 e. The van der Waals surface area contributed by atoms with Crippen LogP contribution in [0.2, 0.25) is 5.02 Å². The van der Waals surface area contributed by atoms with Gasteiger partial charge in [0.25, 0.3) is 0 Å². The minimum absolute atomic E-state index is 0.0240. The summed E-state index contributed by atoms with van der Waals surface area (Å²) in [5, 5.41) is 12.2. The normalized spacial score (nSPS) is 13.9. The summed E-state index contributed by atoms with van der Waals surface area (Å²) >= 11 is 9.04. The smallest absolute Gasteiger partial charge is 0.142 e. The van der Waals surface area contributed by atoms with Gasteiger partial charge in [-0.1, -0.05) is 118 Å². The van der Waals surface area contributed by atoms with Gasteiger partial charge in [0.15, 0.2) is 0 Å². The Morgan fingerprint density at radius 1 is 0.638 bits per heavy atom. The van der Waals surface area contributed by atoms with Crippen molar-refractivity contribution in [2.75, 3.05) is 0 Å². The largest absolute Gasteiger partial charge is 0.509 e. The molecule has 6 aromatic carbocycles. The molecule has 1 aliphatic heterocycles. The molecule has 47 heavy (non-hydrogen) atoms. The van der Waals surface area contributed by atoms with Gasteiger partial charge in [0.2, 0.25) is 0 Å². The molecule has 1 spiro atoms. The first-order chi connectivity index (χ1) is 22.7. The summed E-state index contributed by atoms with van der Waals surface area (Å²) in [5.41, 5.74) is 9.85. The van der Waals surface area contributed by atoms with Crippen LogP contribution in [0.4, 0.5) is 0 Å². The molecule has 10 radical (unpaired) electrons. The topological polar surface area (TPSA) is 33.4 Å². The highest BCUT2D eigenvalue weighted by molar-refractivity contribution is 7.99. The van der Waals surface area contributed by atoms with Gasteiger partial charge in [0.1, 0.15) is 56.1 Å². The molecular formula is C38H18B5ClO2S. The summed E-state index contributed by atoms with van der Waals surface area (Å²) in [7, 11) is 32.5. The van der Waals surface area contributed by atoms with Crippen LogP contribution < -0.4 is 27.3 Å². The van der Waals surface area contributed by atoms with Crippen molar-refractivity contribution in [3.63, 3.8) is 0 Å². The number of hydrogen-bond acceptors (Lipinski definition) is 3. The molecule has 0 unspecified atom stereocenters. The number of hydrogen-bond donors (Lipinski definition) is 1. The fraction of sp³-hybridized carbons (Fsp3) is 0.0526. The van der Waals surface area contributed by atoms with Crippen molar-refractivity contribution in [2.45, 2.75) is 22.1 Å². The number of furan rings is 1. The number of halogens is 1. The third kappa shape index (κ3) is 3.50. The molecule has 1 N–H and O–H groups in total. The van der Waals surface area contributed by atoms with Gasteiger partial charge in [-0.15, -0.1) is 0 Å². The Bertz CT molecular complexity index is 2510. The Labute approximate surface area is 288 Å². The van der Waals surface area contributed by atoms with E-state index < -0.39 is 5.41 Å². The van der Waals surface area contributed by atoms with E-state index in [0.717, 1.165) is 32.0 Å². The van der Waals surface area contributed by atoms with Gasteiger partial charge >= 0.3 is 0 Å². The Morgan fingerprint density at radius 3 is 1.89 bits per heavy atom. The predicted molar refractivity (Wildman–Crippen MR) is 199 cm³/mol. The van der Waals surface area contributed by atoms with E-state index in [1.807, 2.05) is 19.1 Å². The highest BCUT2D eigenvalue weighted by Gasteiger charge is 2.51. The van der Waals surface area contributed by atoms with Crippen molar-refractivity contribution >= 4 is 112 Å². The van der Waals surface area contributed by atoms with Gasteiger partial charge in [-0.2, -0.15) is 0 Å². The molecule has 2 nitrogen and oxygen atoms in total. The minimum Gasteiger partial charge on any atom is -0.509 e. The lowest BCUT2D eigenvalue weighted by Gasteiger charge is -2.41. The Morgan fingerprint density at radius 2 is 1.21 bits per heavy atom. The molecular weight excluding hydrogens is 610 g/mol. The average molecular weight is 628 g/mol. The minimum atomic E-state index is -0.688. The molecule has 9 heteroatoms. The molecule has 0 fully saturated rings. The molecule has 0 bridgehead atoms. The van der Waals surface area contributed by atoms with Crippen LogP contribution in [0.15, 0.2) is 99.1 Å². The summed E-state index contributed by atoms with van der Waals surface area (Å²) in [6.45, 7) is 1.92.